The Hall–Kier alpha value is -2.64. The van der Waals surface area contributed by atoms with Crippen molar-refractivity contribution in [2.24, 2.45) is 0 Å². The van der Waals surface area contributed by atoms with Gasteiger partial charge in [0.25, 0.3) is 11.6 Å². The van der Waals surface area contributed by atoms with E-state index in [2.05, 4.69) is 16.0 Å². The summed E-state index contributed by atoms with van der Waals surface area (Å²) in [5.74, 6) is -0.631. The normalized spacial score (nSPS) is 9.70. The highest BCUT2D eigenvalue weighted by atomic mass is 16.6. The van der Waals surface area contributed by atoms with E-state index in [1.54, 1.807) is 0 Å². The summed E-state index contributed by atoms with van der Waals surface area (Å²) in [5.41, 5.74) is 0.182. The molecule has 3 N–H and O–H groups in total. The third kappa shape index (κ3) is 3.94. The molecule has 0 heterocycles. The highest BCUT2D eigenvalue weighted by molar-refractivity contribution is 6.01. The van der Waals surface area contributed by atoms with Gasteiger partial charge < -0.3 is 16.0 Å². The molecule has 0 aliphatic carbocycles. The van der Waals surface area contributed by atoms with Crippen molar-refractivity contribution in [3.8, 4) is 0 Å². The van der Waals surface area contributed by atoms with Gasteiger partial charge in [-0.15, -0.1) is 0 Å². The lowest BCUT2D eigenvalue weighted by atomic mass is 10.1. The number of hydrogen-bond donors (Lipinski definition) is 3. The van der Waals surface area contributed by atoms with E-state index in [-0.39, 0.29) is 29.4 Å². The summed E-state index contributed by atoms with van der Waals surface area (Å²) in [4.78, 5) is 32.9. The van der Waals surface area contributed by atoms with E-state index in [1.807, 2.05) is 0 Å². The van der Waals surface area contributed by atoms with Gasteiger partial charge in [-0.25, -0.2) is 0 Å². The fourth-order valence-corrected chi connectivity index (χ4v) is 1.65. The van der Waals surface area contributed by atoms with E-state index in [1.165, 1.54) is 32.2 Å². The molecule has 0 saturated carbocycles. The summed E-state index contributed by atoms with van der Waals surface area (Å²) in [6.45, 7) is 1.91. The monoisotopic (exact) mass is 280 g/mol. The minimum absolute atomic E-state index is 0.162. The van der Waals surface area contributed by atoms with Gasteiger partial charge in [-0.2, -0.15) is 0 Å². The van der Waals surface area contributed by atoms with Crippen LogP contribution in [0.2, 0.25) is 0 Å². The molecule has 0 spiro atoms. The molecular weight excluding hydrogens is 264 g/mol. The first-order chi connectivity index (χ1) is 9.47. The van der Waals surface area contributed by atoms with Crippen LogP contribution in [0.15, 0.2) is 18.2 Å². The van der Waals surface area contributed by atoms with Crippen LogP contribution in [0.3, 0.4) is 0 Å². The number of carbonyl (C=O) groups excluding carboxylic acids is 2. The zero-order valence-corrected chi connectivity index (χ0v) is 11.2. The van der Waals surface area contributed by atoms with Gasteiger partial charge in [-0.1, -0.05) is 6.07 Å². The predicted molar refractivity (Wildman–Crippen MR) is 73.7 cm³/mol. The quantitative estimate of drug-likeness (QED) is 0.399. The lowest BCUT2D eigenvalue weighted by Crippen LogP contribution is -2.33. The Morgan fingerprint density at radius 1 is 1.25 bits per heavy atom. The van der Waals surface area contributed by atoms with Crippen LogP contribution in [0, 0.1) is 10.1 Å². The second-order valence-corrected chi connectivity index (χ2v) is 3.95. The molecule has 0 atom stereocenters. The number of benzene rings is 1. The molecule has 108 valence electrons. The number of para-hydroxylation sites is 1. The molecule has 2 amide bonds. The second kappa shape index (κ2) is 7.07. The number of amides is 2. The van der Waals surface area contributed by atoms with E-state index < -0.39 is 10.8 Å². The summed E-state index contributed by atoms with van der Waals surface area (Å²) < 4.78 is 0. The fourth-order valence-electron chi connectivity index (χ4n) is 1.65. The maximum absolute atomic E-state index is 12.0. The standard InChI is InChI=1S/C12H16N4O4/c1-8(17)14-6-7-15-12(18)9-4-3-5-10(16(19)20)11(9)13-2/h3-5,13H,6-7H2,1-2H3,(H,14,17)(H,15,18). The number of nitrogens with one attached hydrogen (secondary N) is 3. The molecule has 0 unspecified atom stereocenters. The Balaban J connectivity index is 2.80. The van der Waals surface area contributed by atoms with Gasteiger partial charge in [-0.05, 0) is 6.07 Å². The smallest absolute Gasteiger partial charge is 0.293 e. The largest absolute Gasteiger partial charge is 0.382 e. The Labute approximate surface area is 115 Å². The maximum atomic E-state index is 12.0. The predicted octanol–water partition coefficient (Wildman–Crippen LogP) is 0.502. The molecule has 0 aromatic heterocycles. The molecule has 8 nitrogen and oxygen atoms in total. The van der Waals surface area contributed by atoms with Crippen LogP contribution in [-0.4, -0.2) is 36.9 Å². The lowest BCUT2D eigenvalue weighted by molar-refractivity contribution is -0.384. The SMILES string of the molecule is CNc1c(C(=O)NCCNC(C)=O)cccc1[N+](=O)[O-]. The molecule has 0 fully saturated rings. The summed E-state index contributed by atoms with van der Waals surface area (Å²) in [5, 5.41) is 18.7. The van der Waals surface area contributed by atoms with Crippen molar-refractivity contribution in [2.75, 3.05) is 25.5 Å². The van der Waals surface area contributed by atoms with E-state index in [4.69, 9.17) is 0 Å². The van der Waals surface area contributed by atoms with E-state index >= 15 is 0 Å². The number of anilines is 1. The first-order valence-corrected chi connectivity index (χ1v) is 5.95. The van der Waals surface area contributed by atoms with Gasteiger partial charge in [0.05, 0.1) is 10.5 Å². The van der Waals surface area contributed by atoms with Crippen molar-refractivity contribution in [3.63, 3.8) is 0 Å². The Morgan fingerprint density at radius 3 is 2.45 bits per heavy atom. The van der Waals surface area contributed by atoms with Crippen LogP contribution < -0.4 is 16.0 Å². The van der Waals surface area contributed by atoms with Crippen molar-refractivity contribution >= 4 is 23.2 Å². The lowest BCUT2D eigenvalue weighted by Gasteiger charge is -2.10. The summed E-state index contributed by atoms with van der Waals surface area (Å²) in [7, 11) is 1.51. The molecule has 1 rings (SSSR count). The number of nitro groups is 1. The Bertz CT molecular complexity index is 530. The van der Waals surface area contributed by atoms with Crippen molar-refractivity contribution in [1.29, 1.82) is 0 Å². The third-order valence-electron chi connectivity index (χ3n) is 2.52. The number of nitro benzene ring substituents is 1. The van der Waals surface area contributed by atoms with Crippen LogP contribution in [-0.2, 0) is 4.79 Å². The molecule has 1 aromatic rings. The number of carbonyl (C=O) groups is 2. The molecule has 0 radical (unpaired) electrons. The first-order valence-electron chi connectivity index (χ1n) is 5.95. The van der Waals surface area contributed by atoms with Crippen molar-refractivity contribution in [2.45, 2.75) is 6.92 Å². The summed E-state index contributed by atoms with van der Waals surface area (Å²) in [6, 6.07) is 4.26. The van der Waals surface area contributed by atoms with Gasteiger partial charge in [0, 0.05) is 33.1 Å². The molecule has 20 heavy (non-hydrogen) atoms. The highest BCUT2D eigenvalue weighted by Gasteiger charge is 2.20. The number of hydrogen-bond acceptors (Lipinski definition) is 5. The second-order valence-electron chi connectivity index (χ2n) is 3.95. The average Bonchev–Trinajstić information content (AvgIpc) is 2.42. The molecule has 0 bridgehead atoms. The summed E-state index contributed by atoms with van der Waals surface area (Å²) in [6.07, 6.45) is 0. The molecule has 8 heteroatoms. The maximum Gasteiger partial charge on any atom is 0.293 e. The molecule has 0 aliphatic heterocycles. The molecular formula is C12H16N4O4. The van der Waals surface area contributed by atoms with Crippen LogP contribution in [0.5, 0.6) is 0 Å². The van der Waals surface area contributed by atoms with Gasteiger partial charge in [-0.3, -0.25) is 19.7 Å². The number of nitrogens with zero attached hydrogens (tertiary/aromatic N) is 1. The zero-order chi connectivity index (χ0) is 15.1. The molecule has 1 aromatic carbocycles. The van der Waals surface area contributed by atoms with Crippen molar-refractivity contribution in [1.82, 2.24) is 10.6 Å². The van der Waals surface area contributed by atoms with E-state index in [9.17, 15) is 19.7 Å². The Kier molecular flexibility index (Phi) is 5.45. The van der Waals surface area contributed by atoms with Crippen LogP contribution >= 0.6 is 0 Å². The minimum atomic E-state index is -0.556. The van der Waals surface area contributed by atoms with Gasteiger partial charge in [0.2, 0.25) is 5.91 Å². The van der Waals surface area contributed by atoms with E-state index in [0.717, 1.165) is 0 Å². The zero-order valence-electron chi connectivity index (χ0n) is 11.2. The van der Waals surface area contributed by atoms with Crippen LogP contribution in [0.4, 0.5) is 11.4 Å². The van der Waals surface area contributed by atoms with Gasteiger partial charge >= 0.3 is 0 Å². The van der Waals surface area contributed by atoms with Crippen LogP contribution in [0.1, 0.15) is 17.3 Å². The van der Waals surface area contributed by atoms with Crippen molar-refractivity contribution < 1.29 is 14.5 Å². The van der Waals surface area contributed by atoms with E-state index in [0.29, 0.717) is 6.54 Å². The van der Waals surface area contributed by atoms with Crippen LogP contribution in [0.25, 0.3) is 0 Å². The molecule has 0 saturated heterocycles. The van der Waals surface area contributed by atoms with Gasteiger partial charge in [0.1, 0.15) is 5.69 Å². The average molecular weight is 280 g/mol. The minimum Gasteiger partial charge on any atom is -0.382 e. The van der Waals surface area contributed by atoms with Gasteiger partial charge in [0.15, 0.2) is 0 Å². The first kappa shape index (κ1) is 15.4. The molecule has 0 aliphatic rings. The number of rotatable bonds is 6. The fraction of sp³-hybridized carbons (Fsp3) is 0.333. The Morgan fingerprint density at radius 2 is 1.90 bits per heavy atom. The topological polar surface area (TPSA) is 113 Å². The third-order valence-corrected chi connectivity index (χ3v) is 2.52. The van der Waals surface area contributed by atoms with Crippen molar-refractivity contribution in [3.05, 3.63) is 33.9 Å². The summed E-state index contributed by atoms with van der Waals surface area (Å²) >= 11 is 0. The highest BCUT2D eigenvalue weighted by Crippen LogP contribution is 2.27.